The molecular weight excluding hydrogens is 192 g/mol. The van der Waals surface area contributed by atoms with Crippen LogP contribution in [0.5, 0.6) is 0 Å². The molecule has 0 fully saturated rings. The van der Waals surface area contributed by atoms with Gasteiger partial charge in [0.2, 0.25) is 5.95 Å². The number of nitrogens with one attached hydrogen (secondary N) is 1. The summed E-state index contributed by atoms with van der Waals surface area (Å²) in [6, 6.07) is 4.01. The average Bonchev–Trinajstić information content (AvgIpc) is 2.63. The smallest absolute Gasteiger partial charge is 0.242 e. The predicted molar refractivity (Wildman–Crippen MR) is 55.1 cm³/mol. The van der Waals surface area contributed by atoms with Gasteiger partial charge in [-0.1, -0.05) is 11.2 Å². The molecule has 0 amide bonds. The molecular formula is C9H12N6. The van der Waals surface area contributed by atoms with Crippen molar-refractivity contribution >= 4 is 5.95 Å². The molecule has 78 valence electrons. The summed E-state index contributed by atoms with van der Waals surface area (Å²) in [5.41, 5.74) is 2.11. The minimum absolute atomic E-state index is 0.649. The summed E-state index contributed by atoms with van der Waals surface area (Å²) in [6.07, 6.45) is 1.84. The second-order valence-electron chi connectivity index (χ2n) is 3.29. The van der Waals surface area contributed by atoms with Crippen LogP contribution in [0.25, 0.3) is 0 Å². The molecule has 0 saturated carbocycles. The molecule has 0 radical (unpaired) electrons. The third kappa shape index (κ3) is 2.28. The molecule has 0 saturated heterocycles. The lowest BCUT2D eigenvalue weighted by Crippen LogP contribution is -2.05. The molecule has 1 N–H and O–H groups in total. The fourth-order valence-electron chi connectivity index (χ4n) is 1.16. The molecule has 15 heavy (non-hydrogen) atoms. The molecule has 0 unspecified atom stereocenters. The lowest BCUT2D eigenvalue weighted by molar-refractivity contribution is 0.712. The van der Waals surface area contributed by atoms with Crippen LogP contribution in [0.15, 0.2) is 18.3 Å². The van der Waals surface area contributed by atoms with Gasteiger partial charge in [0.25, 0.3) is 0 Å². The SMILES string of the molecule is Cc1ccc(CNc2nnnn2C)cn1. The molecule has 2 rings (SSSR count). The van der Waals surface area contributed by atoms with Gasteiger partial charge in [-0.2, -0.15) is 0 Å². The fourth-order valence-corrected chi connectivity index (χ4v) is 1.16. The Morgan fingerprint density at radius 2 is 2.27 bits per heavy atom. The van der Waals surface area contributed by atoms with E-state index in [0.29, 0.717) is 12.5 Å². The van der Waals surface area contributed by atoms with Gasteiger partial charge in [0.15, 0.2) is 0 Å². The number of pyridine rings is 1. The molecule has 0 aliphatic carbocycles. The van der Waals surface area contributed by atoms with Crippen LogP contribution in [0.4, 0.5) is 5.95 Å². The molecule has 0 atom stereocenters. The molecule has 0 aliphatic rings. The zero-order valence-electron chi connectivity index (χ0n) is 8.68. The number of aromatic nitrogens is 5. The maximum absolute atomic E-state index is 4.20. The van der Waals surface area contributed by atoms with Crippen molar-refractivity contribution in [3.63, 3.8) is 0 Å². The van der Waals surface area contributed by atoms with Crippen LogP contribution >= 0.6 is 0 Å². The highest BCUT2D eigenvalue weighted by Gasteiger charge is 2.00. The van der Waals surface area contributed by atoms with Crippen LogP contribution in [0.1, 0.15) is 11.3 Å². The van der Waals surface area contributed by atoms with E-state index in [4.69, 9.17) is 0 Å². The zero-order valence-corrected chi connectivity index (χ0v) is 8.68. The molecule has 6 nitrogen and oxygen atoms in total. The van der Waals surface area contributed by atoms with Gasteiger partial charge in [-0.15, -0.1) is 0 Å². The summed E-state index contributed by atoms with van der Waals surface area (Å²) in [5.74, 6) is 0.649. The summed E-state index contributed by atoms with van der Waals surface area (Å²) >= 11 is 0. The molecule has 2 heterocycles. The molecule has 2 aromatic heterocycles. The van der Waals surface area contributed by atoms with E-state index in [0.717, 1.165) is 11.3 Å². The van der Waals surface area contributed by atoms with E-state index in [-0.39, 0.29) is 0 Å². The Balaban J connectivity index is 1.99. The minimum Gasteiger partial charge on any atom is -0.349 e. The highest BCUT2D eigenvalue weighted by Crippen LogP contribution is 2.03. The summed E-state index contributed by atoms with van der Waals surface area (Å²) in [7, 11) is 1.79. The van der Waals surface area contributed by atoms with E-state index < -0.39 is 0 Å². The lowest BCUT2D eigenvalue weighted by Gasteiger charge is -2.03. The second kappa shape index (κ2) is 4.04. The van der Waals surface area contributed by atoms with Crippen molar-refractivity contribution in [2.24, 2.45) is 7.05 Å². The number of nitrogens with zero attached hydrogens (tertiary/aromatic N) is 5. The van der Waals surface area contributed by atoms with E-state index in [9.17, 15) is 0 Å². The Labute approximate surface area is 87.3 Å². The van der Waals surface area contributed by atoms with Crippen molar-refractivity contribution in [3.8, 4) is 0 Å². The van der Waals surface area contributed by atoms with Crippen LogP contribution in [-0.4, -0.2) is 25.2 Å². The number of rotatable bonds is 3. The van der Waals surface area contributed by atoms with Gasteiger partial charge in [0, 0.05) is 25.5 Å². The van der Waals surface area contributed by atoms with Crippen molar-refractivity contribution in [3.05, 3.63) is 29.6 Å². The van der Waals surface area contributed by atoms with E-state index in [1.807, 2.05) is 25.3 Å². The monoisotopic (exact) mass is 204 g/mol. The standard InChI is InChI=1S/C9H12N6/c1-7-3-4-8(5-10-7)6-11-9-12-13-14-15(9)2/h3-5H,6H2,1-2H3,(H,11,12,14). The van der Waals surface area contributed by atoms with Crippen molar-refractivity contribution in [2.45, 2.75) is 13.5 Å². The predicted octanol–water partition coefficient (Wildman–Crippen LogP) is 0.526. The first-order valence-electron chi connectivity index (χ1n) is 4.63. The van der Waals surface area contributed by atoms with Gasteiger partial charge in [0.05, 0.1) is 0 Å². The first-order valence-corrected chi connectivity index (χ1v) is 4.63. The van der Waals surface area contributed by atoms with Crippen LogP contribution in [0.3, 0.4) is 0 Å². The topological polar surface area (TPSA) is 68.5 Å². The van der Waals surface area contributed by atoms with Gasteiger partial charge < -0.3 is 5.32 Å². The Kier molecular flexibility index (Phi) is 2.57. The van der Waals surface area contributed by atoms with Crippen molar-refractivity contribution in [1.29, 1.82) is 0 Å². The largest absolute Gasteiger partial charge is 0.349 e. The Morgan fingerprint density at radius 3 is 2.87 bits per heavy atom. The van der Waals surface area contributed by atoms with E-state index in [1.165, 1.54) is 0 Å². The minimum atomic E-state index is 0.649. The Morgan fingerprint density at radius 1 is 1.40 bits per heavy atom. The fraction of sp³-hybridized carbons (Fsp3) is 0.333. The van der Waals surface area contributed by atoms with Gasteiger partial charge in [-0.05, 0) is 29.0 Å². The molecule has 6 heteroatoms. The number of tetrazole rings is 1. The van der Waals surface area contributed by atoms with Crippen molar-refractivity contribution in [1.82, 2.24) is 25.2 Å². The number of anilines is 1. The maximum atomic E-state index is 4.20. The van der Waals surface area contributed by atoms with Gasteiger partial charge in [0.1, 0.15) is 0 Å². The Hall–Kier alpha value is -1.98. The lowest BCUT2D eigenvalue weighted by atomic mass is 10.2. The third-order valence-electron chi connectivity index (χ3n) is 2.04. The van der Waals surface area contributed by atoms with E-state index in [2.05, 4.69) is 25.8 Å². The van der Waals surface area contributed by atoms with Crippen LogP contribution < -0.4 is 5.32 Å². The average molecular weight is 204 g/mol. The highest BCUT2D eigenvalue weighted by molar-refractivity contribution is 5.24. The molecule has 0 spiro atoms. The normalized spacial score (nSPS) is 10.3. The number of hydrogen-bond donors (Lipinski definition) is 1. The van der Waals surface area contributed by atoms with Crippen molar-refractivity contribution < 1.29 is 0 Å². The Bertz CT molecular complexity index is 432. The van der Waals surface area contributed by atoms with Gasteiger partial charge in [-0.25, -0.2) is 4.68 Å². The zero-order chi connectivity index (χ0) is 10.7. The summed E-state index contributed by atoms with van der Waals surface area (Å²) in [6.45, 7) is 2.63. The summed E-state index contributed by atoms with van der Waals surface area (Å²) < 4.78 is 1.58. The molecule has 0 aliphatic heterocycles. The highest BCUT2D eigenvalue weighted by atomic mass is 15.6. The van der Waals surface area contributed by atoms with Crippen LogP contribution in [0.2, 0.25) is 0 Å². The summed E-state index contributed by atoms with van der Waals surface area (Å²) in [5, 5.41) is 14.2. The van der Waals surface area contributed by atoms with Gasteiger partial charge in [-0.3, -0.25) is 4.98 Å². The molecule has 0 aromatic carbocycles. The quantitative estimate of drug-likeness (QED) is 0.789. The second-order valence-corrected chi connectivity index (χ2v) is 3.29. The molecule has 0 bridgehead atoms. The van der Waals surface area contributed by atoms with E-state index in [1.54, 1.807) is 11.7 Å². The van der Waals surface area contributed by atoms with Crippen LogP contribution in [-0.2, 0) is 13.6 Å². The number of aryl methyl sites for hydroxylation is 2. The van der Waals surface area contributed by atoms with E-state index >= 15 is 0 Å². The first-order chi connectivity index (χ1) is 7.25. The summed E-state index contributed by atoms with van der Waals surface area (Å²) in [4.78, 5) is 4.20. The van der Waals surface area contributed by atoms with Crippen molar-refractivity contribution in [2.75, 3.05) is 5.32 Å². The van der Waals surface area contributed by atoms with Gasteiger partial charge >= 0.3 is 0 Å². The number of hydrogen-bond acceptors (Lipinski definition) is 5. The first kappa shape index (κ1) is 9.57. The molecule has 2 aromatic rings. The third-order valence-corrected chi connectivity index (χ3v) is 2.04. The maximum Gasteiger partial charge on any atom is 0.242 e. The van der Waals surface area contributed by atoms with Crippen LogP contribution in [0, 0.1) is 6.92 Å².